The van der Waals surface area contributed by atoms with Crippen LogP contribution in [0, 0.1) is 5.92 Å². The second-order valence-corrected chi connectivity index (χ2v) is 6.64. The molecule has 1 aliphatic rings. The predicted molar refractivity (Wildman–Crippen MR) is 92.0 cm³/mol. The number of amides is 1. The molecule has 140 valence electrons. The van der Waals surface area contributed by atoms with Crippen molar-refractivity contribution in [1.82, 2.24) is 20.0 Å². The first-order valence-electron chi connectivity index (χ1n) is 8.73. The number of carbonyl (C=O) groups is 2. The molecule has 1 saturated heterocycles. The van der Waals surface area contributed by atoms with Crippen LogP contribution in [-0.4, -0.2) is 64.0 Å². The number of hydrogen-bond acceptors (Lipinski definition) is 5. The number of carbonyl (C=O) groups excluding carboxylic acids is 1. The Morgan fingerprint density at radius 3 is 2.84 bits per heavy atom. The van der Waals surface area contributed by atoms with Crippen molar-refractivity contribution in [3.05, 3.63) is 18.0 Å². The van der Waals surface area contributed by atoms with Crippen molar-refractivity contribution < 1.29 is 19.4 Å². The number of carboxylic acids is 1. The molecule has 1 amide bonds. The van der Waals surface area contributed by atoms with E-state index in [1.807, 2.05) is 19.4 Å². The standard InChI is InChI=1S/C17H28N4O4/c1-4-21-5-6-25-14(17(21)13-9-19-20(3)11-13)10-18-15(22)7-12(2)8-16(23)24/h9,11-12,14,17H,4-8,10H2,1-3H3,(H,18,22)(H,23,24)/t12?,14-,17-/m0/s1. The Balaban J connectivity index is 1.96. The summed E-state index contributed by atoms with van der Waals surface area (Å²) in [6, 6.07) is 0.0455. The minimum atomic E-state index is -0.883. The Morgan fingerprint density at radius 2 is 2.24 bits per heavy atom. The molecule has 2 rings (SSSR count). The molecule has 2 heterocycles. The summed E-state index contributed by atoms with van der Waals surface area (Å²) in [5.74, 6) is -1.21. The van der Waals surface area contributed by atoms with E-state index in [0.717, 1.165) is 18.7 Å². The molecule has 0 bridgehead atoms. The zero-order valence-electron chi connectivity index (χ0n) is 15.1. The van der Waals surface area contributed by atoms with E-state index in [-0.39, 0.29) is 36.8 Å². The fourth-order valence-corrected chi connectivity index (χ4v) is 3.30. The molecule has 1 aliphatic heterocycles. The topological polar surface area (TPSA) is 96.7 Å². The minimum absolute atomic E-state index is 0.00469. The fraction of sp³-hybridized carbons (Fsp3) is 0.706. The molecule has 0 saturated carbocycles. The quantitative estimate of drug-likeness (QED) is 0.718. The number of aromatic nitrogens is 2. The first-order chi connectivity index (χ1) is 11.9. The van der Waals surface area contributed by atoms with Crippen LogP contribution in [0.25, 0.3) is 0 Å². The van der Waals surface area contributed by atoms with Crippen molar-refractivity contribution in [3.8, 4) is 0 Å². The van der Waals surface area contributed by atoms with Crippen molar-refractivity contribution in [1.29, 1.82) is 0 Å². The number of hydrogen-bond donors (Lipinski definition) is 2. The lowest BCUT2D eigenvalue weighted by atomic mass is 10.00. The van der Waals surface area contributed by atoms with Gasteiger partial charge in [0, 0.05) is 44.7 Å². The van der Waals surface area contributed by atoms with Gasteiger partial charge in [0.25, 0.3) is 0 Å². The monoisotopic (exact) mass is 352 g/mol. The lowest BCUT2D eigenvalue weighted by Crippen LogP contribution is -2.49. The molecule has 25 heavy (non-hydrogen) atoms. The first-order valence-corrected chi connectivity index (χ1v) is 8.73. The molecule has 1 fully saturated rings. The van der Waals surface area contributed by atoms with Gasteiger partial charge in [-0.1, -0.05) is 13.8 Å². The molecule has 0 spiro atoms. The largest absolute Gasteiger partial charge is 0.481 e. The van der Waals surface area contributed by atoms with Crippen molar-refractivity contribution in [2.45, 2.75) is 38.8 Å². The molecular weight excluding hydrogens is 324 g/mol. The Hall–Kier alpha value is -1.93. The summed E-state index contributed by atoms with van der Waals surface area (Å²) < 4.78 is 7.68. The van der Waals surface area contributed by atoms with Gasteiger partial charge in [0.1, 0.15) is 0 Å². The fourth-order valence-electron chi connectivity index (χ4n) is 3.30. The van der Waals surface area contributed by atoms with Gasteiger partial charge in [-0.25, -0.2) is 0 Å². The van der Waals surface area contributed by atoms with Crippen molar-refractivity contribution in [2.24, 2.45) is 13.0 Å². The molecular formula is C17H28N4O4. The minimum Gasteiger partial charge on any atom is -0.481 e. The van der Waals surface area contributed by atoms with E-state index >= 15 is 0 Å². The van der Waals surface area contributed by atoms with E-state index < -0.39 is 5.97 Å². The van der Waals surface area contributed by atoms with Gasteiger partial charge in [-0.15, -0.1) is 0 Å². The molecule has 3 atom stereocenters. The van der Waals surface area contributed by atoms with Crippen LogP contribution in [-0.2, 0) is 21.4 Å². The number of aryl methyl sites for hydroxylation is 1. The number of ether oxygens (including phenoxy) is 1. The molecule has 0 aliphatic carbocycles. The van der Waals surface area contributed by atoms with Crippen molar-refractivity contribution >= 4 is 11.9 Å². The zero-order valence-corrected chi connectivity index (χ0v) is 15.1. The van der Waals surface area contributed by atoms with E-state index in [4.69, 9.17) is 9.84 Å². The van der Waals surface area contributed by atoms with Crippen molar-refractivity contribution in [3.63, 3.8) is 0 Å². The average Bonchev–Trinajstić information content (AvgIpc) is 2.97. The van der Waals surface area contributed by atoms with Crippen LogP contribution in [0.5, 0.6) is 0 Å². The third kappa shape index (κ3) is 5.54. The van der Waals surface area contributed by atoms with Gasteiger partial charge < -0.3 is 15.2 Å². The van der Waals surface area contributed by atoms with Gasteiger partial charge in [-0.2, -0.15) is 5.10 Å². The number of nitrogens with zero attached hydrogens (tertiary/aromatic N) is 3. The molecule has 8 heteroatoms. The van der Waals surface area contributed by atoms with E-state index in [1.165, 1.54) is 0 Å². The normalized spacial score (nSPS) is 22.5. The van der Waals surface area contributed by atoms with Gasteiger partial charge in [0.2, 0.25) is 5.91 Å². The van der Waals surface area contributed by atoms with Crippen LogP contribution in [0.15, 0.2) is 12.4 Å². The predicted octanol–water partition coefficient (Wildman–Crippen LogP) is 0.799. The Morgan fingerprint density at radius 1 is 1.48 bits per heavy atom. The van der Waals surface area contributed by atoms with Crippen LogP contribution >= 0.6 is 0 Å². The summed E-state index contributed by atoms with van der Waals surface area (Å²) in [6.07, 6.45) is 3.86. The molecule has 1 aromatic heterocycles. The van der Waals surface area contributed by atoms with Gasteiger partial charge >= 0.3 is 5.97 Å². The summed E-state index contributed by atoms with van der Waals surface area (Å²) in [7, 11) is 1.88. The van der Waals surface area contributed by atoms with Crippen LogP contribution in [0.2, 0.25) is 0 Å². The van der Waals surface area contributed by atoms with Crippen LogP contribution in [0.4, 0.5) is 0 Å². The first kappa shape index (κ1) is 19.4. The summed E-state index contributed by atoms with van der Waals surface area (Å²) in [5.41, 5.74) is 1.07. The number of aliphatic carboxylic acids is 1. The smallest absolute Gasteiger partial charge is 0.303 e. The lowest BCUT2D eigenvalue weighted by Gasteiger charge is -2.40. The number of nitrogens with one attached hydrogen (secondary N) is 1. The highest BCUT2D eigenvalue weighted by molar-refractivity contribution is 5.77. The lowest BCUT2D eigenvalue weighted by molar-refractivity contribution is -0.138. The van der Waals surface area contributed by atoms with Gasteiger partial charge in [-0.05, 0) is 12.5 Å². The molecule has 1 unspecified atom stereocenters. The van der Waals surface area contributed by atoms with E-state index in [9.17, 15) is 9.59 Å². The second-order valence-electron chi connectivity index (χ2n) is 6.64. The van der Waals surface area contributed by atoms with Gasteiger partial charge in [-0.3, -0.25) is 19.2 Å². The summed E-state index contributed by atoms with van der Waals surface area (Å²) in [4.78, 5) is 25.1. The second kappa shape index (κ2) is 8.96. The molecule has 0 radical (unpaired) electrons. The number of morpholine rings is 1. The Kier molecular flexibility index (Phi) is 6.95. The van der Waals surface area contributed by atoms with E-state index in [1.54, 1.807) is 11.6 Å². The molecule has 2 N–H and O–H groups in total. The molecule has 8 nitrogen and oxygen atoms in total. The van der Waals surface area contributed by atoms with E-state index in [2.05, 4.69) is 22.2 Å². The number of rotatable bonds is 8. The molecule has 1 aromatic rings. The zero-order chi connectivity index (χ0) is 18.4. The maximum atomic E-state index is 12.1. The Bertz CT molecular complexity index is 589. The number of carboxylic acid groups (broad SMARTS) is 1. The highest BCUT2D eigenvalue weighted by atomic mass is 16.5. The van der Waals surface area contributed by atoms with Gasteiger partial charge in [0.15, 0.2) is 0 Å². The maximum absolute atomic E-state index is 12.1. The van der Waals surface area contributed by atoms with Crippen LogP contribution in [0.3, 0.4) is 0 Å². The molecule has 0 aromatic carbocycles. The van der Waals surface area contributed by atoms with Crippen molar-refractivity contribution in [2.75, 3.05) is 26.2 Å². The maximum Gasteiger partial charge on any atom is 0.303 e. The highest BCUT2D eigenvalue weighted by Gasteiger charge is 2.33. The third-order valence-corrected chi connectivity index (χ3v) is 4.49. The highest BCUT2D eigenvalue weighted by Crippen LogP contribution is 2.28. The Labute approximate surface area is 148 Å². The third-order valence-electron chi connectivity index (χ3n) is 4.49. The summed E-state index contributed by atoms with van der Waals surface area (Å²) in [5, 5.41) is 15.9. The SMILES string of the molecule is CCN1CCO[C@@H](CNC(=O)CC(C)CC(=O)O)[C@@H]1c1cnn(C)c1. The van der Waals surface area contributed by atoms with E-state index in [0.29, 0.717) is 13.2 Å². The average molecular weight is 352 g/mol. The van der Waals surface area contributed by atoms with Crippen LogP contribution < -0.4 is 5.32 Å². The number of likely N-dealkylation sites (N-methyl/N-ethyl adjacent to an activating group) is 1. The summed E-state index contributed by atoms with van der Waals surface area (Å²) >= 11 is 0. The van der Waals surface area contributed by atoms with Gasteiger partial charge in [0.05, 0.1) is 24.9 Å². The van der Waals surface area contributed by atoms with Crippen LogP contribution in [0.1, 0.15) is 38.3 Å². The summed E-state index contributed by atoms with van der Waals surface area (Å²) in [6.45, 7) is 6.63.